The van der Waals surface area contributed by atoms with Crippen LogP contribution in [0, 0.1) is 0 Å². The van der Waals surface area contributed by atoms with Gasteiger partial charge in [-0.1, -0.05) is 17.7 Å². The highest BCUT2D eigenvalue weighted by atomic mass is 35.5. The van der Waals surface area contributed by atoms with Gasteiger partial charge < -0.3 is 4.98 Å². The molecule has 0 bridgehead atoms. The number of rotatable bonds is 5. The van der Waals surface area contributed by atoms with Crippen LogP contribution in [0.3, 0.4) is 0 Å². The first kappa shape index (κ1) is 20.0. The third kappa shape index (κ3) is 4.58. The van der Waals surface area contributed by atoms with E-state index in [9.17, 15) is 4.79 Å². The van der Waals surface area contributed by atoms with Crippen LogP contribution in [-0.2, 0) is 6.54 Å². The maximum absolute atomic E-state index is 12.2. The molecule has 0 radical (unpaired) electrons. The van der Waals surface area contributed by atoms with E-state index in [1.54, 1.807) is 29.8 Å². The topological polar surface area (TPSA) is 94.4 Å². The van der Waals surface area contributed by atoms with E-state index in [2.05, 4.69) is 24.8 Å². The van der Waals surface area contributed by atoms with E-state index in [1.807, 2.05) is 34.6 Å². The molecule has 4 aromatic rings. The molecule has 0 amide bonds. The fraction of sp³-hybridized carbons (Fsp3) is 0.286. The van der Waals surface area contributed by atoms with Gasteiger partial charge in [-0.25, -0.2) is 4.98 Å². The normalized spacial score (nSPS) is 17.1. The van der Waals surface area contributed by atoms with Gasteiger partial charge in [-0.05, 0) is 30.8 Å². The van der Waals surface area contributed by atoms with Crippen molar-refractivity contribution in [2.45, 2.75) is 25.3 Å². The number of halogens is 1. The van der Waals surface area contributed by atoms with Gasteiger partial charge in [-0.2, -0.15) is 4.57 Å². The minimum Gasteiger partial charge on any atom is -0.310 e. The highest BCUT2D eigenvalue weighted by Gasteiger charge is 2.25. The Labute approximate surface area is 187 Å². The molecule has 2 N–H and O–H groups in total. The Morgan fingerprint density at radius 2 is 2.19 bits per heavy atom. The first-order valence-electron chi connectivity index (χ1n) is 10.1. The van der Waals surface area contributed by atoms with E-state index < -0.39 is 0 Å². The Balaban J connectivity index is 1.30. The van der Waals surface area contributed by atoms with Gasteiger partial charge in [-0.15, -0.1) is 21.3 Å². The van der Waals surface area contributed by atoms with Crippen molar-refractivity contribution in [1.29, 1.82) is 0 Å². The van der Waals surface area contributed by atoms with Crippen LogP contribution in [0.25, 0.3) is 16.5 Å². The van der Waals surface area contributed by atoms with E-state index in [4.69, 9.17) is 16.6 Å². The molecule has 1 fully saturated rings. The number of imidazole rings is 1. The predicted octanol–water partition coefficient (Wildman–Crippen LogP) is 2.93. The number of hydrogen-bond donors (Lipinski definition) is 2. The summed E-state index contributed by atoms with van der Waals surface area (Å²) in [5.41, 5.74) is 1.71. The van der Waals surface area contributed by atoms with E-state index in [0.717, 1.165) is 54.6 Å². The smallest absolute Gasteiger partial charge is 0.310 e. The molecular weight excluding hydrogens is 434 g/mol. The molecule has 0 saturated carbocycles. The average Bonchev–Trinajstić information content (AvgIpc) is 3.47. The van der Waals surface area contributed by atoms with Crippen LogP contribution in [0.15, 0.2) is 53.3 Å². The quantitative estimate of drug-likeness (QED) is 0.452. The van der Waals surface area contributed by atoms with Gasteiger partial charge in [0.15, 0.2) is 6.33 Å². The fourth-order valence-electron chi connectivity index (χ4n) is 3.92. The molecule has 1 atom stereocenters. The van der Waals surface area contributed by atoms with E-state index in [0.29, 0.717) is 11.0 Å². The van der Waals surface area contributed by atoms with Gasteiger partial charge in [0, 0.05) is 18.5 Å². The molecule has 158 valence electrons. The Hall–Kier alpha value is -2.88. The van der Waals surface area contributed by atoms with Crippen LogP contribution in [0.5, 0.6) is 0 Å². The molecule has 0 aromatic carbocycles. The van der Waals surface area contributed by atoms with Crippen LogP contribution in [0.1, 0.15) is 30.3 Å². The van der Waals surface area contributed by atoms with Crippen molar-refractivity contribution in [3.8, 4) is 16.5 Å². The minimum atomic E-state index is -0.0982. The fourth-order valence-corrected chi connectivity index (χ4v) is 4.70. The number of aromatic amines is 2. The maximum atomic E-state index is 12.2. The molecule has 1 aliphatic rings. The Morgan fingerprint density at radius 1 is 1.32 bits per heavy atom. The molecule has 4 aromatic heterocycles. The average molecular weight is 455 g/mol. The predicted molar refractivity (Wildman–Crippen MR) is 118 cm³/mol. The van der Waals surface area contributed by atoms with Crippen LogP contribution >= 0.6 is 22.9 Å². The lowest BCUT2D eigenvalue weighted by Crippen LogP contribution is -2.35. The van der Waals surface area contributed by atoms with Gasteiger partial charge >= 0.3 is 5.95 Å². The second-order valence-corrected chi connectivity index (χ2v) is 8.99. The zero-order valence-electron chi connectivity index (χ0n) is 16.7. The first-order valence-corrected chi connectivity index (χ1v) is 11.3. The lowest BCUT2D eigenvalue weighted by molar-refractivity contribution is -0.602. The maximum Gasteiger partial charge on any atom is 0.388 e. The van der Waals surface area contributed by atoms with Crippen molar-refractivity contribution in [2.24, 2.45) is 0 Å². The number of aromatic nitrogens is 6. The van der Waals surface area contributed by atoms with Crippen LogP contribution in [0.4, 0.5) is 0 Å². The summed E-state index contributed by atoms with van der Waals surface area (Å²) in [6, 6.07) is 5.54. The molecule has 31 heavy (non-hydrogen) atoms. The molecule has 1 unspecified atom stereocenters. The summed E-state index contributed by atoms with van der Waals surface area (Å²) < 4.78 is 1.84. The van der Waals surface area contributed by atoms with Gasteiger partial charge in [0.05, 0.1) is 23.3 Å². The number of hydrogen-bond acceptors (Lipinski definition) is 6. The number of nitrogens with one attached hydrogen (secondary N) is 2. The number of thiophene rings is 1. The summed E-state index contributed by atoms with van der Waals surface area (Å²) in [5, 5.41) is 2.51. The highest BCUT2D eigenvalue weighted by Crippen LogP contribution is 2.27. The summed E-state index contributed by atoms with van der Waals surface area (Å²) in [6.45, 7) is 2.61. The molecule has 1 aliphatic heterocycles. The van der Waals surface area contributed by atoms with Crippen LogP contribution in [0.2, 0.25) is 5.02 Å². The number of H-pyrrole nitrogens is 2. The van der Waals surface area contributed by atoms with Gasteiger partial charge in [-0.3, -0.25) is 14.7 Å². The van der Waals surface area contributed by atoms with Crippen molar-refractivity contribution in [3.63, 3.8) is 0 Å². The van der Waals surface area contributed by atoms with Gasteiger partial charge in [0.1, 0.15) is 28.9 Å². The zero-order valence-corrected chi connectivity index (χ0v) is 18.2. The lowest BCUT2D eigenvalue weighted by Gasteiger charge is -2.31. The monoisotopic (exact) mass is 454 g/mol. The Morgan fingerprint density at radius 3 is 3.00 bits per heavy atom. The van der Waals surface area contributed by atoms with Crippen molar-refractivity contribution < 1.29 is 4.57 Å². The number of nitrogens with zero attached hydrogens (tertiary/aromatic N) is 5. The minimum absolute atomic E-state index is 0.0982. The summed E-state index contributed by atoms with van der Waals surface area (Å²) in [5.74, 6) is 1.54. The first-order chi connectivity index (χ1) is 15.1. The largest absolute Gasteiger partial charge is 0.388 e. The van der Waals surface area contributed by atoms with Crippen molar-refractivity contribution >= 4 is 22.9 Å². The van der Waals surface area contributed by atoms with Crippen molar-refractivity contribution in [3.05, 3.63) is 75.4 Å². The Bertz CT molecular complexity index is 1220. The molecule has 8 nitrogen and oxygen atoms in total. The summed E-state index contributed by atoms with van der Waals surface area (Å²) >= 11 is 7.46. The van der Waals surface area contributed by atoms with Crippen LogP contribution < -0.4 is 10.1 Å². The summed E-state index contributed by atoms with van der Waals surface area (Å²) in [7, 11) is 0. The SMILES string of the molecule is O=c1cc(-c2cccs2)nc(C2CCCN(Cc3c[n+](-c4ncc(Cl)cn4)c[nH]3)C2)[nH]1. The summed E-state index contributed by atoms with van der Waals surface area (Å²) in [6.07, 6.45) is 9.05. The molecule has 1 saturated heterocycles. The third-order valence-electron chi connectivity index (χ3n) is 5.34. The van der Waals surface area contributed by atoms with Crippen molar-refractivity contribution in [2.75, 3.05) is 13.1 Å². The van der Waals surface area contributed by atoms with E-state index in [-0.39, 0.29) is 11.5 Å². The highest BCUT2D eigenvalue weighted by molar-refractivity contribution is 7.13. The van der Waals surface area contributed by atoms with Crippen molar-refractivity contribution in [1.82, 2.24) is 29.8 Å². The summed E-state index contributed by atoms with van der Waals surface area (Å²) in [4.78, 5) is 35.2. The molecular formula is C21H21ClN7OS+. The second kappa shape index (κ2) is 8.70. The molecule has 0 spiro atoms. The second-order valence-electron chi connectivity index (χ2n) is 7.60. The molecule has 10 heteroatoms. The van der Waals surface area contributed by atoms with Gasteiger partial charge in [0.25, 0.3) is 5.56 Å². The van der Waals surface area contributed by atoms with Gasteiger partial charge in [0.2, 0.25) is 0 Å². The standard InChI is InChI=1S/C21H20ClN7OS/c22-15-8-23-21(24-9-15)29-12-16(25-13-29)11-28-5-1-3-14(10-28)20-26-17(7-19(30)27-20)18-4-2-6-31-18/h2,4,6-9,12-14H,1,3,5,10-11H2,(H,26,27,30)/p+1. The number of piperidine rings is 1. The molecule has 0 aliphatic carbocycles. The molecule has 5 heterocycles. The Kier molecular flexibility index (Phi) is 5.63. The molecule has 5 rings (SSSR count). The lowest BCUT2D eigenvalue weighted by atomic mass is 9.97. The zero-order chi connectivity index (χ0) is 21.2. The number of likely N-dealkylation sites (tertiary alicyclic amines) is 1. The van der Waals surface area contributed by atoms with E-state index in [1.165, 1.54) is 0 Å². The van der Waals surface area contributed by atoms with Crippen LogP contribution in [-0.4, -0.2) is 42.9 Å². The van der Waals surface area contributed by atoms with E-state index >= 15 is 0 Å². The third-order valence-corrected chi connectivity index (χ3v) is 6.43.